The van der Waals surface area contributed by atoms with E-state index in [1.54, 1.807) is 0 Å². The standard InChI is InChI=1S/C3H2N2O2/c6-3(7)2-4-1-5-2/h1H,(H,6,7). The maximum absolute atomic E-state index is 9.74. The summed E-state index contributed by atoms with van der Waals surface area (Å²) in [7, 11) is 0. The average molecular weight is 98.1 g/mol. The number of nitrogens with zero attached hydrogens (tertiary/aromatic N) is 2. The van der Waals surface area contributed by atoms with E-state index in [1.807, 2.05) is 0 Å². The monoisotopic (exact) mass is 98.0 g/mol. The number of amidine groups is 1. The Hall–Kier alpha value is -1.19. The van der Waals surface area contributed by atoms with Crippen molar-refractivity contribution in [1.82, 2.24) is 0 Å². The van der Waals surface area contributed by atoms with Crippen LogP contribution in [0.1, 0.15) is 0 Å². The largest absolute Gasteiger partial charge is 0.475 e. The molecule has 0 spiro atoms. The molecule has 0 aliphatic carbocycles. The zero-order valence-corrected chi connectivity index (χ0v) is 3.33. The topological polar surface area (TPSA) is 62.0 Å². The summed E-state index contributed by atoms with van der Waals surface area (Å²) in [6.45, 7) is 0. The van der Waals surface area contributed by atoms with Gasteiger partial charge in [0.15, 0.2) is 0 Å². The van der Waals surface area contributed by atoms with Crippen molar-refractivity contribution in [1.29, 1.82) is 0 Å². The smallest absolute Gasteiger partial charge is 0.374 e. The van der Waals surface area contributed by atoms with Crippen molar-refractivity contribution in [3.63, 3.8) is 0 Å². The van der Waals surface area contributed by atoms with E-state index >= 15 is 0 Å². The van der Waals surface area contributed by atoms with Gasteiger partial charge in [0, 0.05) is 0 Å². The first kappa shape index (κ1) is 3.98. The van der Waals surface area contributed by atoms with Crippen molar-refractivity contribution >= 4 is 18.1 Å². The zero-order chi connectivity index (χ0) is 5.28. The van der Waals surface area contributed by atoms with E-state index in [2.05, 4.69) is 9.98 Å². The Morgan fingerprint density at radius 3 is 2.43 bits per heavy atom. The van der Waals surface area contributed by atoms with E-state index in [9.17, 15) is 4.79 Å². The number of hydrogen-bond donors (Lipinski definition) is 1. The predicted octanol–water partition coefficient (Wildman–Crippen LogP) is -0.489. The number of hydrogen-bond acceptors (Lipinski definition) is 3. The Kier molecular flexibility index (Phi) is 0.651. The third-order valence-corrected chi connectivity index (χ3v) is 0.551. The van der Waals surface area contributed by atoms with Gasteiger partial charge in [-0.15, -0.1) is 0 Å². The minimum absolute atomic E-state index is 0.111. The van der Waals surface area contributed by atoms with Gasteiger partial charge in [0.1, 0.15) is 6.34 Å². The van der Waals surface area contributed by atoms with Crippen LogP contribution in [0.3, 0.4) is 0 Å². The highest BCUT2D eigenvalue weighted by molar-refractivity contribution is 6.40. The van der Waals surface area contributed by atoms with Gasteiger partial charge in [-0.1, -0.05) is 0 Å². The van der Waals surface area contributed by atoms with Gasteiger partial charge in [-0.05, 0) is 0 Å². The second kappa shape index (κ2) is 1.14. The van der Waals surface area contributed by atoms with Crippen LogP contribution in [0, 0.1) is 0 Å². The summed E-state index contributed by atoms with van der Waals surface area (Å²) in [5.74, 6) is -1.18. The van der Waals surface area contributed by atoms with E-state index < -0.39 is 5.97 Å². The molecule has 1 N–H and O–H groups in total. The molecule has 0 bridgehead atoms. The third kappa shape index (κ3) is 0.489. The number of carboxylic acids is 1. The Labute approximate surface area is 39.2 Å². The molecule has 0 aromatic carbocycles. The van der Waals surface area contributed by atoms with Crippen LogP contribution in [0.15, 0.2) is 9.98 Å². The third-order valence-electron chi connectivity index (χ3n) is 0.551. The molecule has 0 fully saturated rings. The molecule has 36 valence electrons. The van der Waals surface area contributed by atoms with E-state index in [4.69, 9.17) is 5.11 Å². The number of carbonyl (C=O) groups is 1. The molecule has 1 heterocycles. The maximum atomic E-state index is 9.74. The summed E-state index contributed by atoms with van der Waals surface area (Å²) in [5, 5.41) is 7.99. The molecule has 7 heavy (non-hydrogen) atoms. The molecule has 1 aliphatic rings. The first-order chi connectivity index (χ1) is 3.30. The highest BCUT2D eigenvalue weighted by atomic mass is 16.4. The van der Waals surface area contributed by atoms with Gasteiger partial charge < -0.3 is 5.11 Å². The fraction of sp³-hybridized carbons (Fsp3) is 0. The lowest BCUT2D eigenvalue weighted by molar-refractivity contribution is -0.129. The first-order valence-electron chi connectivity index (χ1n) is 1.64. The average Bonchev–Trinajstić information content (AvgIpc) is 1.23. The van der Waals surface area contributed by atoms with Crippen molar-refractivity contribution in [2.24, 2.45) is 9.98 Å². The number of rotatable bonds is 1. The Morgan fingerprint density at radius 1 is 1.86 bits per heavy atom. The maximum Gasteiger partial charge on any atom is 0.374 e. The highest BCUT2D eigenvalue weighted by Gasteiger charge is 2.09. The molecular weight excluding hydrogens is 96.0 g/mol. The minimum Gasteiger partial charge on any atom is -0.475 e. The summed E-state index contributed by atoms with van der Waals surface area (Å²) < 4.78 is 0. The summed E-state index contributed by atoms with van der Waals surface area (Å²) in [4.78, 5) is 16.3. The Morgan fingerprint density at radius 2 is 2.43 bits per heavy atom. The summed E-state index contributed by atoms with van der Waals surface area (Å²) in [5.41, 5.74) is 0. The lowest BCUT2D eigenvalue weighted by Crippen LogP contribution is -2.15. The molecule has 0 unspecified atom stereocenters. The molecule has 0 saturated carbocycles. The van der Waals surface area contributed by atoms with Crippen LogP contribution in [-0.4, -0.2) is 23.2 Å². The number of aliphatic imine (C=N–C) groups is 2. The van der Waals surface area contributed by atoms with Gasteiger partial charge in [0.05, 0.1) is 0 Å². The normalized spacial score (nSPS) is 15.1. The SMILES string of the molecule is O=C(O)C1=NC=N1. The van der Waals surface area contributed by atoms with Crippen LogP contribution in [-0.2, 0) is 4.79 Å². The highest BCUT2D eigenvalue weighted by Crippen LogP contribution is 1.87. The predicted molar refractivity (Wildman–Crippen MR) is 23.6 cm³/mol. The molecule has 0 aromatic heterocycles. The minimum atomic E-state index is -1.07. The lowest BCUT2D eigenvalue weighted by atomic mass is 10.6. The van der Waals surface area contributed by atoms with E-state index in [1.165, 1.54) is 6.34 Å². The number of aliphatic carboxylic acids is 1. The second-order valence-electron chi connectivity index (χ2n) is 1.00. The van der Waals surface area contributed by atoms with Crippen LogP contribution < -0.4 is 0 Å². The Bertz CT molecular complexity index is 158. The van der Waals surface area contributed by atoms with E-state index in [-0.39, 0.29) is 5.84 Å². The van der Waals surface area contributed by atoms with Gasteiger partial charge in [-0.25, -0.2) is 14.8 Å². The van der Waals surface area contributed by atoms with Crippen molar-refractivity contribution in [2.45, 2.75) is 0 Å². The van der Waals surface area contributed by atoms with Gasteiger partial charge in [0.25, 0.3) is 0 Å². The van der Waals surface area contributed by atoms with Crippen LogP contribution in [0.25, 0.3) is 0 Å². The second-order valence-corrected chi connectivity index (χ2v) is 1.00. The lowest BCUT2D eigenvalue weighted by Gasteiger charge is -1.94. The van der Waals surface area contributed by atoms with E-state index in [0.717, 1.165) is 0 Å². The number of carboxylic acid groups (broad SMARTS) is 1. The van der Waals surface area contributed by atoms with Gasteiger partial charge >= 0.3 is 5.97 Å². The molecule has 0 atom stereocenters. The quantitative estimate of drug-likeness (QED) is 0.481. The van der Waals surface area contributed by atoms with Crippen LogP contribution in [0.5, 0.6) is 0 Å². The van der Waals surface area contributed by atoms with Crippen LogP contribution >= 0.6 is 0 Å². The first-order valence-corrected chi connectivity index (χ1v) is 1.64. The molecule has 0 amide bonds. The molecular formula is C3H2N2O2. The van der Waals surface area contributed by atoms with Crippen LogP contribution in [0.4, 0.5) is 0 Å². The molecule has 4 heteroatoms. The van der Waals surface area contributed by atoms with Crippen molar-refractivity contribution in [3.8, 4) is 0 Å². The molecule has 0 radical (unpaired) electrons. The summed E-state index contributed by atoms with van der Waals surface area (Å²) >= 11 is 0. The van der Waals surface area contributed by atoms with Crippen LogP contribution in [0.2, 0.25) is 0 Å². The van der Waals surface area contributed by atoms with Crippen molar-refractivity contribution < 1.29 is 9.90 Å². The molecule has 0 aromatic rings. The summed E-state index contributed by atoms with van der Waals surface area (Å²) in [6.07, 6.45) is 1.20. The van der Waals surface area contributed by atoms with Crippen molar-refractivity contribution in [3.05, 3.63) is 0 Å². The van der Waals surface area contributed by atoms with Gasteiger partial charge in [-0.2, -0.15) is 0 Å². The fourth-order valence-corrected chi connectivity index (χ4v) is 0.226. The van der Waals surface area contributed by atoms with Gasteiger partial charge in [0.2, 0.25) is 5.84 Å². The van der Waals surface area contributed by atoms with E-state index in [0.29, 0.717) is 0 Å². The molecule has 4 nitrogen and oxygen atoms in total. The summed E-state index contributed by atoms with van der Waals surface area (Å²) in [6, 6.07) is 0. The zero-order valence-electron chi connectivity index (χ0n) is 3.33. The Balaban J connectivity index is 2.60. The molecule has 1 rings (SSSR count). The van der Waals surface area contributed by atoms with Gasteiger partial charge in [-0.3, -0.25) is 0 Å². The fourth-order valence-electron chi connectivity index (χ4n) is 0.226. The molecule has 1 aliphatic heterocycles. The molecule has 0 saturated heterocycles. The van der Waals surface area contributed by atoms with Crippen molar-refractivity contribution in [2.75, 3.05) is 0 Å².